The molecule has 0 saturated heterocycles. The second-order valence-electron chi connectivity index (χ2n) is 5.44. The predicted octanol–water partition coefficient (Wildman–Crippen LogP) is 1.55. The van der Waals surface area contributed by atoms with Crippen molar-refractivity contribution in [3.63, 3.8) is 0 Å². The van der Waals surface area contributed by atoms with E-state index in [4.69, 9.17) is 0 Å². The third-order valence-electron chi connectivity index (χ3n) is 3.35. The van der Waals surface area contributed by atoms with E-state index in [1.807, 2.05) is 0 Å². The zero-order valence-corrected chi connectivity index (χ0v) is 12.3. The van der Waals surface area contributed by atoms with Crippen molar-refractivity contribution in [3.8, 4) is 0 Å². The van der Waals surface area contributed by atoms with Gasteiger partial charge in [-0.2, -0.15) is 0 Å². The fraction of sp³-hybridized carbons (Fsp3) is 0.467. The van der Waals surface area contributed by atoms with Crippen molar-refractivity contribution in [1.82, 2.24) is 15.5 Å². The minimum Gasteiger partial charge on any atom is -0.352 e. The van der Waals surface area contributed by atoms with E-state index in [1.54, 1.807) is 26.1 Å². The number of aryl methyl sites for hydroxylation is 1. The molecule has 1 aromatic rings. The van der Waals surface area contributed by atoms with E-state index >= 15 is 0 Å². The smallest absolute Gasteiger partial charge is 0.317 e. The highest BCUT2D eigenvalue weighted by atomic mass is 19.1. The first-order valence-electron chi connectivity index (χ1n) is 6.99. The summed E-state index contributed by atoms with van der Waals surface area (Å²) in [7, 11) is 1.55. The Labute approximate surface area is 123 Å². The van der Waals surface area contributed by atoms with Crippen LogP contribution in [0.4, 0.5) is 9.18 Å². The van der Waals surface area contributed by atoms with Gasteiger partial charge in [-0.3, -0.25) is 4.79 Å². The lowest BCUT2D eigenvalue weighted by molar-refractivity contribution is -0.121. The zero-order valence-electron chi connectivity index (χ0n) is 12.3. The molecular formula is C15H20FN3O2. The number of hydrogen-bond donors (Lipinski definition) is 2. The number of urea groups is 1. The van der Waals surface area contributed by atoms with Crippen LogP contribution in [0.1, 0.15) is 24.0 Å². The number of carbonyl (C=O) groups excluding carboxylic acids is 2. The Hall–Kier alpha value is -2.11. The number of hydrogen-bond acceptors (Lipinski definition) is 2. The number of nitrogens with zero attached hydrogens (tertiary/aromatic N) is 1. The second kappa shape index (κ2) is 6.56. The molecule has 0 spiro atoms. The molecule has 5 nitrogen and oxygen atoms in total. The number of nitrogens with one attached hydrogen (secondary N) is 2. The highest BCUT2D eigenvalue weighted by molar-refractivity contribution is 5.84. The Balaban J connectivity index is 1.77. The van der Waals surface area contributed by atoms with E-state index in [-0.39, 0.29) is 36.9 Å². The third kappa shape index (κ3) is 4.73. The number of likely N-dealkylation sites (N-methyl/N-ethyl adjacent to an activating group) is 1. The van der Waals surface area contributed by atoms with Gasteiger partial charge in [0.25, 0.3) is 0 Å². The van der Waals surface area contributed by atoms with E-state index in [9.17, 15) is 14.0 Å². The summed E-state index contributed by atoms with van der Waals surface area (Å²) < 4.78 is 13.4. The van der Waals surface area contributed by atoms with Crippen LogP contribution in [0.3, 0.4) is 0 Å². The van der Waals surface area contributed by atoms with Crippen molar-refractivity contribution >= 4 is 11.9 Å². The minimum atomic E-state index is -0.359. The molecule has 0 atom stereocenters. The molecule has 0 bridgehead atoms. The molecule has 0 aliphatic heterocycles. The van der Waals surface area contributed by atoms with Gasteiger partial charge >= 0.3 is 6.03 Å². The molecule has 0 unspecified atom stereocenters. The Bertz CT molecular complexity index is 544. The summed E-state index contributed by atoms with van der Waals surface area (Å²) in [5.74, 6) is -0.449. The lowest BCUT2D eigenvalue weighted by Gasteiger charge is -2.17. The van der Waals surface area contributed by atoms with Gasteiger partial charge in [-0.25, -0.2) is 9.18 Å². The first kappa shape index (κ1) is 15.3. The van der Waals surface area contributed by atoms with Crippen LogP contribution >= 0.6 is 0 Å². The molecule has 1 aromatic carbocycles. The molecule has 114 valence electrons. The maximum absolute atomic E-state index is 13.4. The molecule has 0 radical (unpaired) electrons. The molecule has 0 aromatic heterocycles. The number of rotatable bonds is 5. The van der Waals surface area contributed by atoms with Gasteiger partial charge in [-0.05, 0) is 37.0 Å². The quantitative estimate of drug-likeness (QED) is 0.865. The Morgan fingerprint density at radius 1 is 1.38 bits per heavy atom. The largest absolute Gasteiger partial charge is 0.352 e. The Kier molecular flexibility index (Phi) is 4.77. The number of halogens is 1. The van der Waals surface area contributed by atoms with Crippen LogP contribution < -0.4 is 10.6 Å². The van der Waals surface area contributed by atoms with E-state index in [0.717, 1.165) is 12.8 Å². The van der Waals surface area contributed by atoms with E-state index in [2.05, 4.69) is 10.6 Å². The molecular weight excluding hydrogens is 273 g/mol. The molecule has 1 saturated carbocycles. The van der Waals surface area contributed by atoms with Gasteiger partial charge in [0.05, 0.1) is 0 Å². The molecule has 2 rings (SSSR count). The fourth-order valence-electron chi connectivity index (χ4n) is 1.85. The number of amides is 3. The lowest BCUT2D eigenvalue weighted by Crippen LogP contribution is -2.43. The first-order valence-corrected chi connectivity index (χ1v) is 6.99. The molecule has 1 aliphatic carbocycles. The standard InChI is InChI=1S/C15H20FN3O2/c1-10-3-4-11(7-13(10)16)8-17-15(21)19(2)9-14(20)18-12-5-6-12/h3-4,7,12H,5-6,8-9H2,1-2H3,(H,17,21)(H,18,20). The van der Waals surface area contributed by atoms with Crippen molar-refractivity contribution in [2.75, 3.05) is 13.6 Å². The van der Waals surface area contributed by atoms with Crippen molar-refractivity contribution in [2.24, 2.45) is 0 Å². The molecule has 6 heteroatoms. The molecule has 0 heterocycles. The minimum absolute atomic E-state index is 0.0184. The monoisotopic (exact) mass is 293 g/mol. The van der Waals surface area contributed by atoms with Crippen molar-refractivity contribution < 1.29 is 14.0 Å². The van der Waals surface area contributed by atoms with Gasteiger partial charge in [0, 0.05) is 19.6 Å². The van der Waals surface area contributed by atoms with Gasteiger partial charge in [-0.1, -0.05) is 12.1 Å². The zero-order chi connectivity index (χ0) is 15.4. The van der Waals surface area contributed by atoms with E-state index in [1.165, 1.54) is 11.0 Å². The highest BCUT2D eigenvalue weighted by Gasteiger charge is 2.24. The average Bonchev–Trinajstić information content (AvgIpc) is 3.23. The summed E-state index contributed by atoms with van der Waals surface area (Å²) >= 11 is 0. The summed E-state index contributed by atoms with van der Waals surface area (Å²) in [6.45, 7) is 1.93. The summed E-state index contributed by atoms with van der Waals surface area (Å²) in [6.07, 6.45) is 2.03. The van der Waals surface area contributed by atoms with Gasteiger partial charge in [0.1, 0.15) is 12.4 Å². The summed E-state index contributed by atoms with van der Waals surface area (Å²) in [4.78, 5) is 24.7. The van der Waals surface area contributed by atoms with Crippen LogP contribution in [0.5, 0.6) is 0 Å². The normalized spacial score (nSPS) is 13.7. The van der Waals surface area contributed by atoms with Gasteiger partial charge in [0.15, 0.2) is 0 Å². The maximum Gasteiger partial charge on any atom is 0.317 e. The molecule has 21 heavy (non-hydrogen) atoms. The van der Waals surface area contributed by atoms with Gasteiger partial charge in [0.2, 0.25) is 5.91 Å². The van der Waals surface area contributed by atoms with Crippen molar-refractivity contribution in [1.29, 1.82) is 0 Å². The van der Waals surface area contributed by atoms with Crippen LogP contribution in [-0.4, -0.2) is 36.5 Å². The fourth-order valence-corrected chi connectivity index (χ4v) is 1.85. The molecule has 3 amide bonds. The van der Waals surface area contributed by atoms with Crippen LogP contribution in [-0.2, 0) is 11.3 Å². The van der Waals surface area contributed by atoms with Gasteiger partial charge in [-0.15, -0.1) is 0 Å². The first-order chi connectivity index (χ1) is 9.95. The van der Waals surface area contributed by atoms with Crippen molar-refractivity contribution in [2.45, 2.75) is 32.4 Å². The Morgan fingerprint density at radius 2 is 2.10 bits per heavy atom. The second-order valence-corrected chi connectivity index (χ2v) is 5.44. The topological polar surface area (TPSA) is 61.4 Å². The highest BCUT2D eigenvalue weighted by Crippen LogP contribution is 2.18. The predicted molar refractivity (Wildman–Crippen MR) is 77.2 cm³/mol. The SMILES string of the molecule is Cc1ccc(CNC(=O)N(C)CC(=O)NC2CC2)cc1F. The van der Waals surface area contributed by atoms with Crippen LogP contribution in [0.15, 0.2) is 18.2 Å². The van der Waals surface area contributed by atoms with E-state index in [0.29, 0.717) is 11.1 Å². The van der Waals surface area contributed by atoms with Gasteiger partial charge < -0.3 is 15.5 Å². The molecule has 2 N–H and O–H groups in total. The average molecular weight is 293 g/mol. The van der Waals surface area contributed by atoms with Crippen molar-refractivity contribution in [3.05, 3.63) is 35.1 Å². The Morgan fingerprint density at radius 3 is 2.71 bits per heavy atom. The summed E-state index contributed by atoms with van der Waals surface area (Å²) in [6, 6.07) is 4.75. The summed E-state index contributed by atoms with van der Waals surface area (Å²) in [5, 5.41) is 5.48. The summed E-state index contributed by atoms with van der Waals surface area (Å²) in [5.41, 5.74) is 1.25. The maximum atomic E-state index is 13.4. The molecule has 1 aliphatic rings. The molecule has 1 fully saturated rings. The van der Waals surface area contributed by atoms with Crippen LogP contribution in [0, 0.1) is 12.7 Å². The van der Waals surface area contributed by atoms with Crippen LogP contribution in [0.2, 0.25) is 0 Å². The third-order valence-corrected chi connectivity index (χ3v) is 3.35. The van der Waals surface area contributed by atoms with E-state index < -0.39 is 0 Å². The lowest BCUT2D eigenvalue weighted by atomic mass is 10.1. The van der Waals surface area contributed by atoms with Crippen LogP contribution in [0.25, 0.3) is 0 Å². The number of benzene rings is 1. The number of carbonyl (C=O) groups is 2.